The SMILES string of the molecule is O=c1c2ccc(-n3c4ccccc4c4ccccc43)cc2sc2nc3ccccc3n12. The zero-order chi connectivity index (χ0) is 20.5. The molecule has 0 bridgehead atoms. The molecule has 7 rings (SSSR count). The third-order valence-electron chi connectivity index (χ3n) is 5.97. The van der Waals surface area contributed by atoms with Gasteiger partial charge in [-0.05, 0) is 42.5 Å². The largest absolute Gasteiger partial charge is 0.309 e. The Morgan fingerprint density at radius 3 is 2.06 bits per heavy atom. The molecule has 5 heteroatoms. The first-order chi connectivity index (χ1) is 15.3. The minimum absolute atomic E-state index is 0.0220. The molecule has 0 fully saturated rings. The lowest BCUT2D eigenvalue weighted by molar-refractivity contribution is 1.18. The van der Waals surface area contributed by atoms with Gasteiger partial charge in [0.25, 0.3) is 5.56 Å². The lowest BCUT2D eigenvalue weighted by atomic mass is 10.2. The van der Waals surface area contributed by atoms with Crippen LogP contribution in [-0.2, 0) is 0 Å². The van der Waals surface area contributed by atoms with Crippen molar-refractivity contribution >= 4 is 59.2 Å². The van der Waals surface area contributed by atoms with Crippen molar-refractivity contribution in [2.45, 2.75) is 0 Å². The molecule has 0 spiro atoms. The van der Waals surface area contributed by atoms with Crippen LogP contribution < -0.4 is 5.56 Å². The Balaban J connectivity index is 1.58. The van der Waals surface area contributed by atoms with Crippen LogP contribution in [0.3, 0.4) is 0 Å². The number of para-hydroxylation sites is 4. The van der Waals surface area contributed by atoms with E-state index in [-0.39, 0.29) is 5.56 Å². The van der Waals surface area contributed by atoms with Gasteiger partial charge in [-0.15, -0.1) is 0 Å². The van der Waals surface area contributed by atoms with Gasteiger partial charge in [0.2, 0.25) is 0 Å². The Kier molecular flexibility index (Phi) is 3.27. The summed E-state index contributed by atoms with van der Waals surface area (Å²) in [6.45, 7) is 0. The number of rotatable bonds is 1. The van der Waals surface area contributed by atoms with Crippen molar-refractivity contribution < 1.29 is 0 Å². The van der Waals surface area contributed by atoms with Crippen molar-refractivity contribution in [3.05, 3.63) is 101 Å². The minimum Gasteiger partial charge on any atom is -0.309 e. The van der Waals surface area contributed by atoms with Gasteiger partial charge in [-0.2, -0.15) is 0 Å². The van der Waals surface area contributed by atoms with E-state index in [4.69, 9.17) is 4.98 Å². The highest BCUT2D eigenvalue weighted by molar-refractivity contribution is 7.23. The molecule has 7 aromatic rings. The van der Waals surface area contributed by atoms with Crippen LogP contribution in [0, 0.1) is 0 Å². The van der Waals surface area contributed by atoms with E-state index in [1.165, 1.54) is 10.8 Å². The van der Waals surface area contributed by atoms with E-state index >= 15 is 0 Å². The Morgan fingerprint density at radius 1 is 0.677 bits per heavy atom. The van der Waals surface area contributed by atoms with Gasteiger partial charge >= 0.3 is 0 Å². The van der Waals surface area contributed by atoms with Crippen molar-refractivity contribution in [3.63, 3.8) is 0 Å². The summed E-state index contributed by atoms with van der Waals surface area (Å²) < 4.78 is 4.93. The summed E-state index contributed by atoms with van der Waals surface area (Å²) in [7, 11) is 0. The van der Waals surface area contributed by atoms with Gasteiger partial charge in [-0.1, -0.05) is 59.9 Å². The second kappa shape index (κ2) is 6.03. The van der Waals surface area contributed by atoms with Crippen molar-refractivity contribution in [2.75, 3.05) is 0 Å². The van der Waals surface area contributed by atoms with Crippen LogP contribution in [-0.4, -0.2) is 14.0 Å². The van der Waals surface area contributed by atoms with E-state index in [0.717, 1.165) is 37.4 Å². The normalized spacial score (nSPS) is 12.0. The van der Waals surface area contributed by atoms with E-state index in [0.29, 0.717) is 5.39 Å². The lowest BCUT2D eigenvalue weighted by Gasteiger charge is -2.09. The van der Waals surface area contributed by atoms with E-state index in [1.54, 1.807) is 15.7 Å². The van der Waals surface area contributed by atoms with E-state index < -0.39 is 0 Å². The molecule has 0 aliphatic heterocycles. The Hall–Kier alpha value is -3.96. The monoisotopic (exact) mass is 417 g/mol. The fraction of sp³-hybridized carbons (Fsp3) is 0. The van der Waals surface area contributed by atoms with Gasteiger partial charge in [0.15, 0.2) is 4.96 Å². The number of hydrogen-bond acceptors (Lipinski definition) is 3. The molecule has 0 atom stereocenters. The zero-order valence-corrected chi connectivity index (χ0v) is 17.1. The predicted molar refractivity (Wildman–Crippen MR) is 129 cm³/mol. The molecule has 0 radical (unpaired) electrons. The Labute approximate surface area is 180 Å². The molecule has 0 N–H and O–H groups in total. The second-order valence-corrected chi connectivity index (χ2v) is 8.68. The first-order valence-corrected chi connectivity index (χ1v) is 10.9. The van der Waals surface area contributed by atoms with E-state index in [9.17, 15) is 4.79 Å². The van der Waals surface area contributed by atoms with Crippen LogP contribution >= 0.6 is 11.3 Å². The maximum absolute atomic E-state index is 13.3. The topological polar surface area (TPSA) is 39.3 Å². The number of aromatic nitrogens is 3. The number of fused-ring (bicyclic) bond motifs is 7. The van der Waals surface area contributed by atoms with Crippen LogP contribution in [0.2, 0.25) is 0 Å². The molecule has 4 aromatic carbocycles. The summed E-state index contributed by atoms with van der Waals surface area (Å²) in [5, 5.41) is 3.16. The molecular formula is C26H15N3OS. The Morgan fingerprint density at radius 2 is 1.32 bits per heavy atom. The molecule has 31 heavy (non-hydrogen) atoms. The van der Waals surface area contributed by atoms with Gasteiger partial charge < -0.3 is 4.57 Å². The zero-order valence-electron chi connectivity index (χ0n) is 16.3. The maximum Gasteiger partial charge on any atom is 0.266 e. The second-order valence-electron chi connectivity index (χ2n) is 7.68. The van der Waals surface area contributed by atoms with Gasteiger partial charge in [0, 0.05) is 21.2 Å². The molecule has 0 saturated carbocycles. The highest BCUT2D eigenvalue weighted by Gasteiger charge is 2.15. The molecule has 3 aromatic heterocycles. The molecule has 0 amide bonds. The molecular weight excluding hydrogens is 402 g/mol. The third-order valence-corrected chi connectivity index (χ3v) is 6.98. The fourth-order valence-corrected chi connectivity index (χ4v) is 5.66. The summed E-state index contributed by atoms with van der Waals surface area (Å²) in [6, 6.07) is 30.8. The van der Waals surface area contributed by atoms with E-state index in [1.807, 2.05) is 36.4 Å². The number of benzene rings is 4. The first-order valence-electron chi connectivity index (χ1n) is 10.1. The number of imidazole rings is 1. The molecule has 4 nitrogen and oxygen atoms in total. The van der Waals surface area contributed by atoms with Gasteiger partial charge in [0.1, 0.15) is 0 Å². The standard InChI is InChI=1S/C26H15N3OS/c30-25-19-14-13-16(15-24(19)31-26-27-20-9-3-6-12-23(20)29(25)26)28-21-10-4-1-7-17(21)18-8-2-5-11-22(18)28/h1-15H. The summed E-state index contributed by atoms with van der Waals surface area (Å²) in [5.74, 6) is 0. The highest BCUT2D eigenvalue weighted by Crippen LogP contribution is 2.33. The van der Waals surface area contributed by atoms with Gasteiger partial charge in [0.05, 0.1) is 27.5 Å². The molecule has 0 saturated heterocycles. The molecule has 0 aliphatic carbocycles. The van der Waals surface area contributed by atoms with Crippen molar-refractivity contribution in [1.29, 1.82) is 0 Å². The van der Waals surface area contributed by atoms with Crippen molar-refractivity contribution in [3.8, 4) is 5.69 Å². The number of nitrogens with zero attached hydrogens (tertiary/aromatic N) is 3. The molecule has 0 unspecified atom stereocenters. The van der Waals surface area contributed by atoms with Crippen LogP contribution in [0.5, 0.6) is 0 Å². The average Bonchev–Trinajstić information content (AvgIpc) is 3.34. The maximum atomic E-state index is 13.3. The van der Waals surface area contributed by atoms with Gasteiger partial charge in [-0.3, -0.25) is 4.79 Å². The molecule has 146 valence electrons. The summed E-state index contributed by atoms with van der Waals surface area (Å²) in [6.07, 6.45) is 0. The summed E-state index contributed by atoms with van der Waals surface area (Å²) >= 11 is 1.55. The number of hydrogen-bond donors (Lipinski definition) is 0. The summed E-state index contributed by atoms with van der Waals surface area (Å²) in [5.41, 5.74) is 5.03. The Bertz CT molecular complexity index is 1820. The van der Waals surface area contributed by atoms with Gasteiger partial charge in [-0.25, -0.2) is 9.38 Å². The first kappa shape index (κ1) is 16.8. The molecule has 3 heterocycles. The van der Waals surface area contributed by atoms with Crippen LogP contribution in [0.25, 0.3) is 53.6 Å². The predicted octanol–water partition coefficient (Wildman–Crippen LogP) is 6.16. The summed E-state index contributed by atoms with van der Waals surface area (Å²) in [4.78, 5) is 18.7. The smallest absolute Gasteiger partial charge is 0.266 e. The highest BCUT2D eigenvalue weighted by atomic mass is 32.1. The minimum atomic E-state index is -0.0220. The van der Waals surface area contributed by atoms with Crippen LogP contribution in [0.4, 0.5) is 0 Å². The van der Waals surface area contributed by atoms with Crippen molar-refractivity contribution in [1.82, 2.24) is 14.0 Å². The lowest BCUT2D eigenvalue weighted by Crippen LogP contribution is -2.11. The fourth-order valence-electron chi connectivity index (χ4n) is 4.60. The third kappa shape index (κ3) is 2.24. The molecule has 0 aliphatic rings. The average molecular weight is 417 g/mol. The van der Waals surface area contributed by atoms with Crippen LogP contribution in [0.1, 0.15) is 0 Å². The quantitative estimate of drug-likeness (QED) is 0.321. The van der Waals surface area contributed by atoms with E-state index in [2.05, 4.69) is 59.2 Å². The van der Waals surface area contributed by atoms with Crippen LogP contribution in [0.15, 0.2) is 95.8 Å². The van der Waals surface area contributed by atoms with Crippen molar-refractivity contribution in [2.24, 2.45) is 0 Å².